The van der Waals surface area contributed by atoms with E-state index in [0.29, 0.717) is 12.3 Å². The summed E-state index contributed by atoms with van der Waals surface area (Å²) >= 11 is 0. The van der Waals surface area contributed by atoms with Crippen molar-refractivity contribution in [2.45, 2.75) is 117 Å². The number of unbranched alkanes of at least 4 members (excludes halogenated alkanes) is 3. The van der Waals surface area contributed by atoms with E-state index in [1.54, 1.807) is 6.07 Å². The van der Waals surface area contributed by atoms with Crippen LogP contribution in [0.3, 0.4) is 0 Å². The lowest BCUT2D eigenvalue weighted by atomic mass is 9.84. The van der Waals surface area contributed by atoms with Gasteiger partial charge in [0.05, 0.1) is 0 Å². The van der Waals surface area contributed by atoms with Gasteiger partial charge in [-0.1, -0.05) is 77.7 Å². The highest BCUT2D eigenvalue weighted by Gasteiger charge is 2.26. The quantitative estimate of drug-likeness (QED) is 0.297. The number of carbonyl (C=O) groups is 1. The highest BCUT2D eigenvalue weighted by Crippen LogP contribution is 2.29. The molecule has 2 nitrogen and oxygen atoms in total. The van der Waals surface area contributed by atoms with Crippen molar-refractivity contribution in [1.82, 2.24) is 4.90 Å². The topological polar surface area (TPSA) is 20.3 Å². The normalized spacial score (nSPS) is 20.6. The number of aryl methyl sites for hydroxylation is 1. The third-order valence-corrected chi connectivity index (χ3v) is 8.80. The third kappa shape index (κ3) is 8.50. The van der Waals surface area contributed by atoms with E-state index in [0.717, 1.165) is 29.5 Å². The maximum atomic E-state index is 13.5. The first-order valence-electron chi connectivity index (χ1n) is 14.0. The molecule has 3 rings (SSSR count). The van der Waals surface area contributed by atoms with Gasteiger partial charge in [-0.2, -0.15) is 0 Å². The van der Waals surface area contributed by atoms with Crippen LogP contribution in [0.15, 0.2) is 18.2 Å². The molecular formula is C30H48FNO. The highest BCUT2D eigenvalue weighted by molar-refractivity contribution is 5.83. The van der Waals surface area contributed by atoms with Crippen molar-refractivity contribution in [1.29, 1.82) is 0 Å². The van der Waals surface area contributed by atoms with Gasteiger partial charge in [-0.3, -0.25) is 4.79 Å². The molecule has 1 saturated carbocycles. The molecule has 1 aromatic rings. The Bertz CT molecular complexity index is 718. The van der Waals surface area contributed by atoms with Gasteiger partial charge in [-0.25, -0.2) is 4.39 Å². The number of ketones is 1. The molecule has 1 saturated heterocycles. The Balaban J connectivity index is 1.24. The number of nitrogens with zero attached hydrogens (tertiary/aromatic N) is 1. The second-order valence-electron chi connectivity index (χ2n) is 11.2. The minimum atomic E-state index is -0.251. The molecule has 2 fully saturated rings. The van der Waals surface area contributed by atoms with Crippen LogP contribution in [0.2, 0.25) is 0 Å². The van der Waals surface area contributed by atoms with E-state index >= 15 is 0 Å². The van der Waals surface area contributed by atoms with Gasteiger partial charge in [0, 0.05) is 18.4 Å². The Hall–Kier alpha value is -1.22. The number of carbonyl (C=O) groups excluding carboxylic acids is 1. The molecule has 2 aliphatic rings. The number of benzene rings is 1. The molecule has 0 radical (unpaired) electrons. The summed E-state index contributed by atoms with van der Waals surface area (Å²) in [6.07, 6.45) is 18.2. The third-order valence-electron chi connectivity index (χ3n) is 8.80. The lowest BCUT2D eigenvalue weighted by Crippen LogP contribution is -2.42. The number of rotatable bonds is 12. The molecule has 1 aliphatic carbocycles. The van der Waals surface area contributed by atoms with Gasteiger partial charge in [-0.15, -0.1) is 0 Å². The summed E-state index contributed by atoms with van der Waals surface area (Å²) in [5, 5.41) is 0. The SMILES string of the molecule is Cc1ccc(F)cc1CC(=O)C(C)C(C)CCCCCCC1CCN(C2CCCCC2)CC1. The molecule has 0 bridgehead atoms. The molecule has 1 aromatic carbocycles. The predicted molar refractivity (Wildman–Crippen MR) is 137 cm³/mol. The van der Waals surface area contributed by atoms with Crippen LogP contribution in [-0.4, -0.2) is 29.8 Å². The molecule has 0 aromatic heterocycles. The molecule has 1 aliphatic heterocycles. The summed E-state index contributed by atoms with van der Waals surface area (Å²) < 4.78 is 13.5. The summed E-state index contributed by atoms with van der Waals surface area (Å²) in [5.74, 6) is 1.39. The van der Waals surface area contributed by atoms with Crippen LogP contribution in [0, 0.1) is 30.5 Å². The van der Waals surface area contributed by atoms with Crippen molar-refractivity contribution in [3.05, 3.63) is 35.1 Å². The first-order chi connectivity index (χ1) is 15.9. The average molecular weight is 458 g/mol. The van der Waals surface area contributed by atoms with Crippen molar-refractivity contribution >= 4 is 5.78 Å². The van der Waals surface area contributed by atoms with Crippen molar-refractivity contribution < 1.29 is 9.18 Å². The van der Waals surface area contributed by atoms with Gasteiger partial charge in [0.1, 0.15) is 11.6 Å². The summed E-state index contributed by atoms with van der Waals surface area (Å²) in [4.78, 5) is 15.5. The second-order valence-corrected chi connectivity index (χ2v) is 11.2. The number of hydrogen-bond acceptors (Lipinski definition) is 2. The van der Waals surface area contributed by atoms with Gasteiger partial charge < -0.3 is 4.90 Å². The first kappa shape index (κ1) is 26.4. The van der Waals surface area contributed by atoms with Gasteiger partial charge in [0.2, 0.25) is 0 Å². The van der Waals surface area contributed by atoms with E-state index in [-0.39, 0.29) is 17.5 Å². The maximum Gasteiger partial charge on any atom is 0.140 e. The Morgan fingerprint density at radius 2 is 1.70 bits per heavy atom. The Morgan fingerprint density at radius 1 is 1.00 bits per heavy atom. The van der Waals surface area contributed by atoms with Crippen molar-refractivity contribution in [3.63, 3.8) is 0 Å². The standard InChI is InChI=1S/C30H48FNO/c1-23(25(3)30(33)22-27-21-28(31)16-15-24(27)2)11-7-4-5-8-12-26-17-19-32(20-18-26)29-13-9-6-10-14-29/h15-16,21,23,25-26,29H,4-14,17-20,22H2,1-3H3. The zero-order valence-electron chi connectivity index (χ0n) is 21.6. The van der Waals surface area contributed by atoms with Crippen LogP contribution in [-0.2, 0) is 11.2 Å². The summed E-state index contributed by atoms with van der Waals surface area (Å²) in [7, 11) is 0. The molecule has 2 atom stereocenters. The second kappa shape index (κ2) is 13.6. The smallest absolute Gasteiger partial charge is 0.140 e. The van der Waals surface area contributed by atoms with Crippen molar-refractivity contribution in [3.8, 4) is 0 Å². The van der Waals surface area contributed by atoms with E-state index in [4.69, 9.17) is 0 Å². The summed E-state index contributed by atoms with van der Waals surface area (Å²) in [6, 6.07) is 5.65. The zero-order chi connectivity index (χ0) is 23.6. The monoisotopic (exact) mass is 457 g/mol. The molecule has 3 heteroatoms. The van der Waals surface area contributed by atoms with Gasteiger partial charge in [0.25, 0.3) is 0 Å². The van der Waals surface area contributed by atoms with Crippen LogP contribution in [0.1, 0.15) is 108 Å². The lowest BCUT2D eigenvalue weighted by molar-refractivity contribution is -0.123. The number of Topliss-reactive ketones (excluding diaryl/α,β-unsaturated/α-hetero) is 1. The van der Waals surface area contributed by atoms with E-state index in [1.807, 2.05) is 6.92 Å². The van der Waals surface area contributed by atoms with E-state index in [1.165, 1.54) is 102 Å². The molecular weight excluding hydrogens is 409 g/mol. The highest BCUT2D eigenvalue weighted by atomic mass is 19.1. The average Bonchev–Trinajstić information content (AvgIpc) is 2.83. The molecule has 186 valence electrons. The number of likely N-dealkylation sites (tertiary alicyclic amines) is 1. The van der Waals surface area contributed by atoms with Crippen molar-refractivity contribution in [2.75, 3.05) is 13.1 Å². The van der Waals surface area contributed by atoms with E-state index in [9.17, 15) is 9.18 Å². The minimum Gasteiger partial charge on any atom is -0.300 e. The maximum absolute atomic E-state index is 13.5. The lowest BCUT2D eigenvalue weighted by Gasteiger charge is -2.39. The molecule has 2 unspecified atom stereocenters. The fourth-order valence-electron chi connectivity index (χ4n) is 6.05. The molecule has 0 N–H and O–H groups in total. The molecule has 0 amide bonds. The van der Waals surface area contributed by atoms with Crippen LogP contribution >= 0.6 is 0 Å². The number of piperidine rings is 1. The fraction of sp³-hybridized carbons (Fsp3) is 0.767. The minimum absolute atomic E-state index is 0.0435. The van der Waals surface area contributed by atoms with Gasteiger partial charge >= 0.3 is 0 Å². The van der Waals surface area contributed by atoms with E-state index in [2.05, 4.69) is 18.7 Å². The molecule has 1 heterocycles. The van der Waals surface area contributed by atoms with Crippen LogP contribution in [0.5, 0.6) is 0 Å². The predicted octanol–water partition coefficient (Wildman–Crippen LogP) is 7.90. The van der Waals surface area contributed by atoms with Crippen LogP contribution in [0.4, 0.5) is 4.39 Å². The zero-order valence-corrected chi connectivity index (χ0v) is 21.6. The Morgan fingerprint density at radius 3 is 2.42 bits per heavy atom. The van der Waals surface area contributed by atoms with Crippen LogP contribution < -0.4 is 0 Å². The summed E-state index contributed by atoms with van der Waals surface area (Å²) in [6.45, 7) is 8.90. The van der Waals surface area contributed by atoms with Gasteiger partial charge in [0.15, 0.2) is 0 Å². The number of hydrogen-bond donors (Lipinski definition) is 0. The van der Waals surface area contributed by atoms with Crippen LogP contribution in [0.25, 0.3) is 0 Å². The Kier molecular flexibility index (Phi) is 10.9. The molecule has 33 heavy (non-hydrogen) atoms. The molecule has 0 spiro atoms. The Labute approximate surface area is 202 Å². The largest absolute Gasteiger partial charge is 0.300 e. The first-order valence-corrected chi connectivity index (χ1v) is 14.0. The summed E-state index contributed by atoms with van der Waals surface area (Å²) in [5.41, 5.74) is 1.84. The number of halogens is 1. The van der Waals surface area contributed by atoms with Gasteiger partial charge in [-0.05, 0) is 80.8 Å². The fourth-order valence-corrected chi connectivity index (χ4v) is 6.05. The van der Waals surface area contributed by atoms with E-state index < -0.39 is 0 Å². The van der Waals surface area contributed by atoms with Crippen molar-refractivity contribution in [2.24, 2.45) is 17.8 Å².